The van der Waals surface area contributed by atoms with Crippen LogP contribution in [0.15, 0.2) is 18.2 Å². The zero-order valence-corrected chi connectivity index (χ0v) is 8.32. The molecule has 0 atom stereocenters. The highest BCUT2D eigenvalue weighted by Crippen LogP contribution is 2.26. The van der Waals surface area contributed by atoms with Gasteiger partial charge >= 0.3 is 0 Å². The number of carbonyl (C=O) groups is 1. The van der Waals surface area contributed by atoms with Gasteiger partial charge in [-0.2, -0.15) is 0 Å². The summed E-state index contributed by atoms with van der Waals surface area (Å²) in [6, 6.07) is 4.77. The Hall–Kier alpha value is -1.71. The van der Waals surface area contributed by atoms with E-state index >= 15 is 0 Å². The summed E-state index contributed by atoms with van der Waals surface area (Å²) in [6.07, 6.45) is 0. The van der Waals surface area contributed by atoms with Crippen LogP contribution in [0, 0.1) is 0 Å². The van der Waals surface area contributed by atoms with Crippen molar-refractivity contribution in [3.05, 3.63) is 18.2 Å². The second-order valence-corrected chi connectivity index (χ2v) is 3.01. The number of benzene rings is 1. The van der Waals surface area contributed by atoms with Crippen molar-refractivity contribution in [3.63, 3.8) is 0 Å². The average molecular weight is 194 g/mol. The Kier molecular flexibility index (Phi) is 2.96. The molecule has 76 valence electrons. The molecule has 0 saturated carbocycles. The minimum Gasteiger partial charge on any atom is -0.506 e. The third-order valence-corrected chi connectivity index (χ3v) is 2.02. The second-order valence-electron chi connectivity index (χ2n) is 3.01. The second kappa shape index (κ2) is 4.00. The summed E-state index contributed by atoms with van der Waals surface area (Å²) in [7, 11) is 0. The third-order valence-electron chi connectivity index (χ3n) is 2.02. The summed E-state index contributed by atoms with van der Waals surface area (Å²) in [4.78, 5) is 12.7. The molecule has 0 radical (unpaired) electrons. The monoisotopic (exact) mass is 194 g/mol. The predicted octanol–water partition coefficient (Wildman–Crippen LogP) is 1.35. The van der Waals surface area contributed by atoms with E-state index in [0.29, 0.717) is 17.9 Å². The molecule has 1 aromatic carbocycles. The van der Waals surface area contributed by atoms with Crippen molar-refractivity contribution in [2.75, 3.05) is 17.2 Å². The zero-order valence-electron chi connectivity index (χ0n) is 8.32. The van der Waals surface area contributed by atoms with Crippen LogP contribution in [-0.2, 0) is 4.79 Å². The van der Waals surface area contributed by atoms with Crippen LogP contribution in [0.25, 0.3) is 0 Å². The molecule has 1 rings (SSSR count). The molecule has 0 spiro atoms. The van der Waals surface area contributed by atoms with Crippen LogP contribution in [-0.4, -0.2) is 17.6 Å². The molecule has 0 aliphatic rings. The van der Waals surface area contributed by atoms with E-state index in [-0.39, 0.29) is 11.7 Å². The van der Waals surface area contributed by atoms with Gasteiger partial charge in [-0.3, -0.25) is 4.79 Å². The molecule has 1 aromatic rings. The third kappa shape index (κ3) is 1.96. The van der Waals surface area contributed by atoms with E-state index < -0.39 is 0 Å². The predicted molar refractivity (Wildman–Crippen MR) is 56.2 cm³/mol. The van der Waals surface area contributed by atoms with Gasteiger partial charge in [-0.25, -0.2) is 0 Å². The van der Waals surface area contributed by atoms with Gasteiger partial charge in [0.15, 0.2) is 0 Å². The fraction of sp³-hybridized carbons (Fsp3) is 0.300. The van der Waals surface area contributed by atoms with Crippen molar-refractivity contribution in [1.29, 1.82) is 0 Å². The van der Waals surface area contributed by atoms with E-state index in [2.05, 4.69) is 0 Å². The lowest BCUT2D eigenvalue weighted by Crippen LogP contribution is -2.27. The first-order chi connectivity index (χ1) is 6.56. The molecule has 0 bridgehead atoms. The number of nitrogen functional groups attached to an aromatic ring is 1. The summed E-state index contributed by atoms with van der Waals surface area (Å²) in [6.45, 7) is 3.92. The lowest BCUT2D eigenvalue weighted by atomic mass is 10.2. The van der Waals surface area contributed by atoms with Gasteiger partial charge < -0.3 is 15.7 Å². The molecule has 0 aliphatic carbocycles. The maximum atomic E-state index is 11.2. The molecule has 0 saturated heterocycles. The molecule has 0 heterocycles. The van der Waals surface area contributed by atoms with Gasteiger partial charge in [0.1, 0.15) is 5.75 Å². The maximum Gasteiger partial charge on any atom is 0.223 e. The van der Waals surface area contributed by atoms with E-state index in [1.54, 1.807) is 17.0 Å². The standard InChI is InChI=1S/C10H14N2O2/c1-3-12(7(2)13)8-4-5-9(11)10(14)6-8/h4-6,14H,3,11H2,1-2H3. The van der Waals surface area contributed by atoms with Gasteiger partial charge in [0.25, 0.3) is 0 Å². The van der Waals surface area contributed by atoms with Crippen molar-refractivity contribution in [2.45, 2.75) is 13.8 Å². The van der Waals surface area contributed by atoms with Crippen molar-refractivity contribution >= 4 is 17.3 Å². The first kappa shape index (κ1) is 10.4. The number of amides is 1. The minimum absolute atomic E-state index is 0.00204. The Morgan fingerprint density at radius 3 is 2.64 bits per heavy atom. The molecule has 3 N–H and O–H groups in total. The molecular weight excluding hydrogens is 180 g/mol. The number of phenols is 1. The Morgan fingerprint density at radius 1 is 1.57 bits per heavy atom. The van der Waals surface area contributed by atoms with Crippen LogP contribution < -0.4 is 10.6 Å². The molecule has 4 heteroatoms. The first-order valence-corrected chi connectivity index (χ1v) is 4.42. The number of phenolic OH excluding ortho intramolecular Hbond substituents is 1. The van der Waals surface area contributed by atoms with Crippen LogP contribution in [0.4, 0.5) is 11.4 Å². The fourth-order valence-electron chi connectivity index (χ4n) is 1.29. The van der Waals surface area contributed by atoms with Gasteiger partial charge in [0.05, 0.1) is 5.69 Å². The minimum atomic E-state index is -0.0586. The zero-order chi connectivity index (χ0) is 10.7. The van der Waals surface area contributed by atoms with Gasteiger partial charge in [-0.05, 0) is 19.1 Å². The van der Waals surface area contributed by atoms with Gasteiger partial charge in [-0.1, -0.05) is 0 Å². The Morgan fingerprint density at radius 2 is 2.21 bits per heavy atom. The number of hydrogen-bond acceptors (Lipinski definition) is 3. The molecular formula is C10H14N2O2. The number of aromatic hydroxyl groups is 1. The molecule has 0 unspecified atom stereocenters. The lowest BCUT2D eigenvalue weighted by molar-refractivity contribution is -0.116. The van der Waals surface area contributed by atoms with Crippen LogP contribution in [0.2, 0.25) is 0 Å². The number of anilines is 2. The summed E-state index contributed by atoms with van der Waals surface area (Å²) >= 11 is 0. The van der Waals surface area contributed by atoms with E-state index in [0.717, 1.165) is 0 Å². The van der Waals surface area contributed by atoms with Gasteiger partial charge in [0.2, 0.25) is 5.91 Å². The van der Waals surface area contributed by atoms with Crippen molar-refractivity contribution in [3.8, 4) is 5.75 Å². The van der Waals surface area contributed by atoms with Gasteiger partial charge in [0, 0.05) is 25.2 Å². The number of nitrogens with zero attached hydrogens (tertiary/aromatic N) is 1. The van der Waals surface area contributed by atoms with Crippen LogP contribution in [0.1, 0.15) is 13.8 Å². The summed E-state index contributed by atoms with van der Waals surface area (Å²) in [5.41, 5.74) is 6.43. The van der Waals surface area contributed by atoms with Crippen LogP contribution in [0.3, 0.4) is 0 Å². The van der Waals surface area contributed by atoms with Gasteiger partial charge in [-0.15, -0.1) is 0 Å². The fourth-order valence-corrected chi connectivity index (χ4v) is 1.29. The Labute approximate surface area is 82.9 Å². The maximum absolute atomic E-state index is 11.2. The average Bonchev–Trinajstić information content (AvgIpc) is 2.11. The van der Waals surface area contributed by atoms with Crippen molar-refractivity contribution < 1.29 is 9.90 Å². The molecule has 0 aromatic heterocycles. The number of carbonyl (C=O) groups excluding carboxylic acids is 1. The number of hydrogen-bond donors (Lipinski definition) is 2. The first-order valence-electron chi connectivity index (χ1n) is 4.42. The lowest BCUT2D eigenvalue weighted by Gasteiger charge is -2.19. The Balaban J connectivity index is 3.06. The largest absolute Gasteiger partial charge is 0.506 e. The van der Waals surface area contributed by atoms with Crippen molar-refractivity contribution in [1.82, 2.24) is 0 Å². The quantitative estimate of drug-likeness (QED) is 0.551. The SMILES string of the molecule is CCN(C(C)=O)c1ccc(N)c(O)c1. The number of nitrogens with two attached hydrogens (primary N) is 1. The molecule has 0 fully saturated rings. The van der Waals surface area contributed by atoms with Crippen LogP contribution >= 0.6 is 0 Å². The normalized spacial score (nSPS) is 9.86. The highest BCUT2D eigenvalue weighted by atomic mass is 16.3. The van der Waals surface area contributed by atoms with Crippen molar-refractivity contribution in [2.24, 2.45) is 0 Å². The highest BCUT2D eigenvalue weighted by Gasteiger charge is 2.09. The summed E-state index contributed by atoms with van der Waals surface area (Å²) in [5.74, 6) is -0.0566. The van der Waals surface area contributed by atoms with E-state index in [9.17, 15) is 9.90 Å². The molecule has 1 amide bonds. The highest BCUT2D eigenvalue weighted by molar-refractivity contribution is 5.91. The molecule has 4 nitrogen and oxygen atoms in total. The smallest absolute Gasteiger partial charge is 0.223 e. The van der Waals surface area contributed by atoms with E-state index in [1.807, 2.05) is 6.92 Å². The molecule has 0 aliphatic heterocycles. The van der Waals surface area contributed by atoms with E-state index in [4.69, 9.17) is 5.73 Å². The topological polar surface area (TPSA) is 66.6 Å². The summed E-state index contributed by atoms with van der Waals surface area (Å²) < 4.78 is 0. The van der Waals surface area contributed by atoms with E-state index in [1.165, 1.54) is 13.0 Å². The molecule has 14 heavy (non-hydrogen) atoms. The number of rotatable bonds is 2. The summed E-state index contributed by atoms with van der Waals surface area (Å²) in [5, 5.41) is 9.36. The van der Waals surface area contributed by atoms with Crippen LogP contribution in [0.5, 0.6) is 5.75 Å². The Bertz CT molecular complexity index is 350.